The smallest absolute Gasteiger partial charge is 0.314 e. The Morgan fingerprint density at radius 3 is 2.50 bits per heavy atom. The van der Waals surface area contributed by atoms with Crippen LogP contribution < -0.4 is 5.32 Å². The predicted molar refractivity (Wildman–Crippen MR) is 43.5 cm³/mol. The summed E-state index contributed by atoms with van der Waals surface area (Å²) >= 11 is 0. The first kappa shape index (κ1) is 10.2. The van der Waals surface area contributed by atoms with E-state index in [9.17, 15) is 21.6 Å². The number of hydrogen-bond donors (Lipinski definition) is 1. The molecule has 1 N–H and O–H groups in total. The lowest BCUT2D eigenvalue weighted by Crippen LogP contribution is -2.54. The van der Waals surface area contributed by atoms with E-state index < -0.39 is 33.2 Å². The summed E-state index contributed by atoms with van der Waals surface area (Å²) in [5.74, 6) is -1.13. The third-order valence-electron chi connectivity index (χ3n) is 3.21. The first-order valence-corrected chi connectivity index (χ1v) is 5.96. The van der Waals surface area contributed by atoms with Gasteiger partial charge in [0.15, 0.2) is 14.6 Å². The van der Waals surface area contributed by atoms with Crippen molar-refractivity contribution in [1.82, 2.24) is 5.32 Å². The molecule has 0 spiro atoms. The molecule has 14 heavy (non-hydrogen) atoms. The van der Waals surface area contributed by atoms with Gasteiger partial charge < -0.3 is 5.32 Å². The van der Waals surface area contributed by atoms with Crippen molar-refractivity contribution in [2.75, 3.05) is 18.8 Å². The monoisotopic (exact) mass is 229 g/mol. The van der Waals surface area contributed by atoms with E-state index >= 15 is 0 Å². The summed E-state index contributed by atoms with van der Waals surface area (Å²) in [7, 11) is -4.03. The van der Waals surface area contributed by atoms with Gasteiger partial charge in [-0.25, -0.2) is 8.42 Å². The summed E-state index contributed by atoms with van der Waals surface area (Å²) in [5.41, 5.74) is 0. The first-order chi connectivity index (χ1) is 6.31. The van der Waals surface area contributed by atoms with Gasteiger partial charge in [-0.2, -0.15) is 13.2 Å². The van der Waals surface area contributed by atoms with Crippen LogP contribution in [0.4, 0.5) is 13.2 Å². The lowest BCUT2D eigenvalue weighted by molar-refractivity contribution is -0.164. The van der Waals surface area contributed by atoms with Crippen molar-refractivity contribution in [3.8, 4) is 0 Å². The maximum absolute atomic E-state index is 12.8. The minimum Gasteiger partial charge on any atom is -0.314 e. The number of rotatable bonds is 0. The molecular formula is C7H10F3NO2S. The van der Waals surface area contributed by atoms with Gasteiger partial charge in [0.1, 0.15) is 0 Å². The van der Waals surface area contributed by atoms with Crippen LogP contribution in [0.15, 0.2) is 0 Å². The molecule has 2 rings (SSSR count). The van der Waals surface area contributed by atoms with Gasteiger partial charge in [0.25, 0.3) is 0 Å². The fourth-order valence-electron chi connectivity index (χ4n) is 2.43. The Balaban J connectivity index is 2.57. The zero-order valence-corrected chi connectivity index (χ0v) is 8.08. The normalized spacial score (nSPS) is 41.2. The van der Waals surface area contributed by atoms with Crippen LogP contribution in [-0.4, -0.2) is 38.2 Å². The second kappa shape index (κ2) is 2.63. The van der Waals surface area contributed by atoms with E-state index in [0.717, 1.165) is 0 Å². The zero-order chi connectivity index (χ0) is 10.6. The Labute approximate surface area is 79.6 Å². The average molecular weight is 229 g/mol. The Morgan fingerprint density at radius 2 is 2.00 bits per heavy atom. The fraction of sp³-hybridized carbons (Fsp3) is 1.00. The summed E-state index contributed by atoms with van der Waals surface area (Å²) in [4.78, 5) is 0. The molecule has 0 aromatic rings. The van der Waals surface area contributed by atoms with Gasteiger partial charge in [-0.15, -0.1) is 0 Å². The molecule has 0 saturated carbocycles. The Bertz CT molecular complexity index is 350. The van der Waals surface area contributed by atoms with Gasteiger partial charge in [0, 0.05) is 12.5 Å². The molecule has 2 unspecified atom stereocenters. The molecule has 2 heterocycles. The van der Waals surface area contributed by atoms with Gasteiger partial charge in [-0.3, -0.25) is 0 Å². The van der Waals surface area contributed by atoms with Crippen LogP contribution in [-0.2, 0) is 9.84 Å². The zero-order valence-electron chi connectivity index (χ0n) is 7.26. The highest BCUT2D eigenvalue weighted by molar-refractivity contribution is 7.93. The van der Waals surface area contributed by atoms with Crippen molar-refractivity contribution in [3.63, 3.8) is 0 Å². The predicted octanol–water partition coefficient (Wildman–Crippen LogP) is 0.325. The quantitative estimate of drug-likeness (QED) is 0.651. The van der Waals surface area contributed by atoms with Crippen LogP contribution in [0.25, 0.3) is 0 Å². The molecule has 2 aliphatic rings. The lowest BCUT2D eigenvalue weighted by Gasteiger charge is -2.29. The molecule has 0 aromatic carbocycles. The molecule has 2 atom stereocenters. The average Bonchev–Trinajstić information content (AvgIpc) is 2.50. The SMILES string of the molecule is O=S1(=O)CCC2CNCC21C(F)(F)F. The second-order valence-electron chi connectivity index (χ2n) is 3.82. The van der Waals surface area contributed by atoms with E-state index in [-0.39, 0.29) is 18.7 Å². The van der Waals surface area contributed by atoms with E-state index in [0.29, 0.717) is 0 Å². The van der Waals surface area contributed by atoms with Gasteiger partial charge >= 0.3 is 6.18 Å². The van der Waals surface area contributed by atoms with E-state index in [2.05, 4.69) is 5.32 Å². The first-order valence-electron chi connectivity index (χ1n) is 4.31. The van der Waals surface area contributed by atoms with Crippen LogP contribution in [0.3, 0.4) is 0 Å². The molecule has 3 nitrogen and oxygen atoms in total. The lowest BCUT2D eigenvalue weighted by atomic mass is 9.93. The van der Waals surface area contributed by atoms with E-state index in [1.165, 1.54) is 0 Å². The molecule has 2 saturated heterocycles. The highest BCUT2D eigenvalue weighted by Gasteiger charge is 2.71. The minimum atomic E-state index is -4.66. The number of fused-ring (bicyclic) bond motifs is 1. The molecule has 2 aliphatic heterocycles. The molecule has 82 valence electrons. The van der Waals surface area contributed by atoms with Crippen molar-refractivity contribution in [3.05, 3.63) is 0 Å². The number of hydrogen-bond acceptors (Lipinski definition) is 3. The molecule has 0 amide bonds. The topological polar surface area (TPSA) is 46.2 Å². The van der Waals surface area contributed by atoms with Crippen molar-refractivity contribution in [1.29, 1.82) is 0 Å². The summed E-state index contributed by atoms with van der Waals surface area (Å²) in [5, 5.41) is 2.53. The van der Waals surface area contributed by atoms with Crippen LogP contribution in [0, 0.1) is 5.92 Å². The summed E-state index contributed by atoms with van der Waals surface area (Å²) in [6.45, 7) is -0.331. The van der Waals surface area contributed by atoms with E-state index in [4.69, 9.17) is 0 Å². The van der Waals surface area contributed by atoms with Crippen LogP contribution in [0.2, 0.25) is 0 Å². The minimum absolute atomic E-state index is 0.120. The Morgan fingerprint density at radius 1 is 1.36 bits per heavy atom. The molecule has 0 bridgehead atoms. The Kier molecular flexibility index (Phi) is 1.92. The highest BCUT2D eigenvalue weighted by atomic mass is 32.2. The van der Waals surface area contributed by atoms with Crippen LogP contribution >= 0.6 is 0 Å². The summed E-state index contributed by atoms with van der Waals surface area (Å²) < 4.78 is 58.8. The summed E-state index contributed by atoms with van der Waals surface area (Å²) in [6.07, 6.45) is -4.54. The maximum Gasteiger partial charge on any atom is 0.409 e. The molecule has 0 aliphatic carbocycles. The van der Waals surface area contributed by atoms with Gasteiger partial charge in [0.05, 0.1) is 5.75 Å². The number of sulfone groups is 1. The van der Waals surface area contributed by atoms with Crippen molar-refractivity contribution < 1.29 is 21.6 Å². The molecular weight excluding hydrogens is 219 g/mol. The molecule has 2 fully saturated rings. The second-order valence-corrected chi connectivity index (χ2v) is 6.19. The van der Waals surface area contributed by atoms with Crippen molar-refractivity contribution in [2.24, 2.45) is 5.92 Å². The number of nitrogens with one attached hydrogen (secondary N) is 1. The largest absolute Gasteiger partial charge is 0.409 e. The molecule has 7 heteroatoms. The van der Waals surface area contributed by atoms with Gasteiger partial charge in [-0.1, -0.05) is 0 Å². The molecule has 0 radical (unpaired) electrons. The van der Waals surface area contributed by atoms with E-state index in [1.807, 2.05) is 0 Å². The molecule has 0 aromatic heterocycles. The third-order valence-corrected chi connectivity index (χ3v) is 5.80. The van der Waals surface area contributed by atoms with Crippen LogP contribution in [0.1, 0.15) is 6.42 Å². The van der Waals surface area contributed by atoms with Crippen molar-refractivity contribution >= 4 is 9.84 Å². The fourth-order valence-corrected chi connectivity index (χ4v) is 4.77. The maximum atomic E-state index is 12.8. The highest BCUT2D eigenvalue weighted by Crippen LogP contribution is 2.50. The van der Waals surface area contributed by atoms with Crippen LogP contribution in [0.5, 0.6) is 0 Å². The van der Waals surface area contributed by atoms with Gasteiger partial charge in [0.2, 0.25) is 0 Å². The third kappa shape index (κ3) is 0.995. The number of halogens is 3. The van der Waals surface area contributed by atoms with Crippen molar-refractivity contribution in [2.45, 2.75) is 17.3 Å². The standard InChI is InChI=1S/C7H10F3NO2S/c8-7(9,10)6-4-11-3-5(6)1-2-14(6,12)13/h5,11H,1-4H2. The van der Waals surface area contributed by atoms with Gasteiger partial charge in [-0.05, 0) is 13.0 Å². The summed E-state index contributed by atoms with van der Waals surface area (Å²) in [6, 6.07) is 0. The Hall–Kier alpha value is -0.300. The van der Waals surface area contributed by atoms with E-state index in [1.54, 1.807) is 0 Å². The number of alkyl halides is 3.